The smallest absolute Gasteiger partial charge is 0.183 e. The van der Waals surface area contributed by atoms with Gasteiger partial charge in [0, 0.05) is 12.5 Å². The highest BCUT2D eigenvalue weighted by atomic mass is 127. The van der Waals surface area contributed by atoms with Gasteiger partial charge < -0.3 is 24.0 Å². The summed E-state index contributed by atoms with van der Waals surface area (Å²) in [5.74, 6) is 0. The zero-order valence-electron chi connectivity index (χ0n) is 11.4. The highest BCUT2D eigenvalue weighted by molar-refractivity contribution is 9.10. The van der Waals surface area contributed by atoms with Crippen molar-refractivity contribution in [3.05, 3.63) is 29.0 Å². The average Bonchev–Trinajstić information content (AvgIpc) is 2.33. The quantitative estimate of drug-likeness (QED) is 0.323. The normalized spacial score (nSPS) is 10.1. The average molecular weight is 426 g/mol. The first-order chi connectivity index (χ1) is 8.33. The number of halogens is 2. The van der Waals surface area contributed by atoms with Crippen LogP contribution in [0.5, 0.6) is 0 Å². The van der Waals surface area contributed by atoms with Crippen LogP contribution in [0.2, 0.25) is 0 Å². The SMILES string of the molecule is CCCCCCCCCC[n+]1cccc(Br)c1.[I-]. The molecule has 0 aromatic carbocycles. The molecule has 0 fully saturated rings. The number of aryl methyl sites for hydroxylation is 1. The Morgan fingerprint density at radius 3 is 2.22 bits per heavy atom. The zero-order valence-corrected chi connectivity index (χ0v) is 15.1. The fourth-order valence-electron chi connectivity index (χ4n) is 2.06. The van der Waals surface area contributed by atoms with Gasteiger partial charge in [0.25, 0.3) is 0 Å². The lowest BCUT2D eigenvalue weighted by Crippen LogP contribution is -3.00. The Morgan fingerprint density at radius 2 is 1.61 bits per heavy atom. The molecule has 104 valence electrons. The third-order valence-electron chi connectivity index (χ3n) is 3.09. The largest absolute Gasteiger partial charge is 1.00 e. The maximum atomic E-state index is 3.50. The summed E-state index contributed by atoms with van der Waals surface area (Å²) in [5, 5.41) is 0. The summed E-state index contributed by atoms with van der Waals surface area (Å²) in [6, 6.07) is 4.17. The Kier molecular flexibility index (Phi) is 12.6. The van der Waals surface area contributed by atoms with E-state index in [1.807, 2.05) is 0 Å². The van der Waals surface area contributed by atoms with Crippen LogP contribution in [0, 0.1) is 0 Å². The number of pyridine rings is 1. The molecule has 1 nitrogen and oxygen atoms in total. The molecular weight excluding hydrogens is 401 g/mol. The van der Waals surface area contributed by atoms with Gasteiger partial charge in [-0.15, -0.1) is 0 Å². The van der Waals surface area contributed by atoms with E-state index in [4.69, 9.17) is 0 Å². The maximum Gasteiger partial charge on any atom is 0.183 e. The van der Waals surface area contributed by atoms with Crippen LogP contribution in [-0.4, -0.2) is 0 Å². The van der Waals surface area contributed by atoms with E-state index in [2.05, 4.69) is 51.9 Å². The second-order valence-electron chi connectivity index (χ2n) is 4.73. The van der Waals surface area contributed by atoms with Crippen molar-refractivity contribution in [2.75, 3.05) is 0 Å². The molecule has 3 heteroatoms. The number of unbranched alkanes of at least 4 members (excludes halogenated alkanes) is 7. The Labute approximate surface area is 138 Å². The number of rotatable bonds is 9. The molecule has 0 unspecified atom stereocenters. The van der Waals surface area contributed by atoms with Gasteiger partial charge in [-0.1, -0.05) is 45.4 Å². The Balaban J connectivity index is 0.00000289. The highest BCUT2D eigenvalue weighted by Gasteiger charge is 2.00. The lowest BCUT2D eigenvalue weighted by atomic mass is 10.1. The molecule has 18 heavy (non-hydrogen) atoms. The van der Waals surface area contributed by atoms with E-state index in [1.54, 1.807) is 0 Å². The standard InChI is InChI=1S/C15H25BrN.HI/c1-2-3-4-5-6-7-8-9-12-17-13-10-11-15(16)14-17;/h10-11,13-14H,2-9,12H2,1H3;1H/q+1;/p-1. The number of nitrogens with zero attached hydrogens (tertiary/aromatic N) is 1. The van der Waals surface area contributed by atoms with Crippen molar-refractivity contribution in [2.24, 2.45) is 0 Å². The van der Waals surface area contributed by atoms with E-state index in [0.29, 0.717) is 0 Å². The first-order valence-corrected chi connectivity index (χ1v) is 7.77. The Bertz CT molecular complexity index is 304. The highest BCUT2D eigenvalue weighted by Crippen LogP contribution is 2.08. The molecule has 1 aromatic heterocycles. The van der Waals surface area contributed by atoms with Crippen molar-refractivity contribution < 1.29 is 28.5 Å². The van der Waals surface area contributed by atoms with Crippen LogP contribution in [0.15, 0.2) is 29.0 Å². The van der Waals surface area contributed by atoms with E-state index in [1.165, 1.54) is 55.8 Å². The van der Waals surface area contributed by atoms with Gasteiger partial charge >= 0.3 is 0 Å². The second-order valence-corrected chi connectivity index (χ2v) is 5.65. The first kappa shape index (κ1) is 18.4. The van der Waals surface area contributed by atoms with Gasteiger partial charge in [0.05, 0.1) is 4.47 Å². The van der Waals surface area contributed by atoms with E-state index in [9.17, 15) is 0 Å². The molecule has 0 spiro atoms. The van der Waals surface area contributed by atoms with Crippen molar-refractivity contribution in [3.63, 3.8) is 0 Å². The molecule has 0 atom stereocenters. The van der Waals surface area contributed by atoms with Crippen LogP contribution in [0.25, 0.3) is 0 Å². The lowest BCUT2D eigenvalue weighted by molar-refractivity contribution is -0.698. The van der Waals surface area contributed by atoms with Crippen LogP contribution in [0.4, 0.5) is 0 Å². The minimum absolute atomic E-state index is 0. The number of aromatic nitrogens is 1. The molecule has 1 aromatic rings. The molecule has 0 amide bonds. The van der Waals surface area contributed by atoms with Gasteiger partial charge in [-0.25, -0.2) is 4.57 Å². The summed E-state index contributed by atoms with van der Waals surface area (Å²) >= 11 is 3.50. The van der Waals surface area contributed by atoms with Gasteiger partial charge in [-0.3, -0.25) is 0 Å². The second kappa shape index (κ2) is 12.4. The molecule has 1 rings (SSSR count). The Morgan fingerprint density at radius 1 is 1.00 bits per heavy atom. The minimum Gasteiger partial charge on any atom is -1.00 e. The van der Waals surface area contributed by atoms with Crippen molar-refractivity contribution in [1.29, 1.82) is 0 Å². The fourth-order valence-corrected chi connectivity index (χ4v) is 2.47. The van der Waals surface area contributed by atoms with E-state index in [0.717, 1.165) is 6.54 Å². The van der Waals surface area contributed by atoms with Crippen LogP contribution in [0.1, 0.15) is 58.3 Å². The van der Waals surface area contributed by atoms with Crippen LogP contribution in [-0.2, 0) is 6.54 Å². The zero-order chi connectivity index (χ0) is 12.3. The molecule has 0 saturated heterocycles. The Hall–Kier alpha value is 0.360. The van der Waals surface area contributed by atoms with Crippen molar-refractivity contribution in [3.8, 4) is 0 Å². The lowest BCUT2D eigenvalue weighted by Gasteiger charge is -2.00. The topological polar surface area (TPSA) is 3.88 Å². The maximum absolute atomic E-state index is 3.50. The predicted octanol–water partition coefficient (Wildman–Crippen LogP) is 1.88. The summed E-state index contributed by atoms with van der Waals surface area (Å²) in [7, 11) is 0. The van der Waals surface area contributed by atoms with Gasteiger partial charge in [0.15, 0.2) is 12.4 Å². The molecule has 0 aliphatic heterocycles. The number of hydrogen-bond donors (Lipinski definition) is 0. The van der Waals surface area contributed by atoms with Crippen molar-refractivity contribution in [1.82, 2.24) is 0 Å². The van der Waals surface area contributed by atoms with E-state index in [-0.39, 0.29) is 24.0 Å². The van der Waals surface area contributed by atoms with Gasteiger partial charge in [0.2, 0.25) is 0 Å². The summed E-state index contributed by atoms with van der Waals surface area (Å²) in [4.78, 5) is 0. The van der Waals surface area contributed by atoms with E-state index < -0.39 is 0 Å². The monoisotopic (exact) mass is 425 g/mol. The minimum atomic E-state index is 0. The molecule has 0 saturated carbocycles. The molecule has 0 aliphatic rings. The molecular formula is C15H25BrIN. The third kappa shape index (κ3) is 9.31. The molecule has 0 N–H and O–H groups in total. The third-order valence-corrected chi connectivity index (χ3v) is 3.56. The van der Waals surface area contributed by atoms with E-state index >= 15 is 0 Å². The van der Waals surface area contributed by atoms with Crippen molar-refractivity contribution >= 4 is 15.9 Å². The number of hydrogen-bond acceptors (Lipinski definition) is 0. The summed E-state index contributed by atoms with van der Waals surface area (Å²) in [6.45, 7) is 3.42. The molecule has 1 heterocycles. The summed E-state index contributed by atoms with van der Waals surface area (Å²) < 4.78 is 3.43. The first-order valence-electron chi connectivity index (χ1n) is 6.97. The molecule has 0 radical (unpaired) electrons. The van der Waals surface area contributed by atoms with Gasteiger partial charge in [0.1, 0.15) is 6.54 Å². The molecule has 0 bridgehead atoms. The van der Waals surface area contributed by atoms with Crippen LogP contribution >= 0.6 is 15.9 Å². The summed E-state index contributed by atoms with van der Waals surface area (Å²) in [6.07, 6.45) is 15.4. The van der Waals surface area contributed by atoms with Crippen molar-refractivity contribution in [2.45, 2.75) is 64.8 Å². The van der Waals surface area contributed by atoms with Gasteiger partial charge in [-0.05, 0) is 28.4 Å². The fraction of sp³-hybridized carbons (Fsp3) is 0.667. The van der Waals surface area contributed by atoms with Gasteiger partial charge in [-0.2, -0.15) is 0 Å². The summed E-state index contributed by atoms with van der Waals surface area (Å²) in [5.41, 5.74) is 0. The van der Waals surface area contributed by atoms with Crippen LogP contribution < -0.4 is 28.5 Å². The predicted molar refractivity (Wildman–Crippen MR) is 76.9 cm³/mol. The molecule has 0 aliphatic carbocycles. The van der Waals surface area contributed by atoms with Crippen LogP contribution in [0.3, 0.4) is 0 Å².